The lowest BCUT2D eigenvalue weighted by Gasteiger charge is -2.31. The Morgan fingerprint density at radius 1 is 0.448 bits per heavy atom. The number of aliphatic imine (C=N–C) groups is 2. The topological polar surface area (TPSA) is 60.9 Å². The lowest BCUT2D eigenvalue weighted by Crippen LogP contribution is -2.32. The first kappa shape index (κ1) is 37.7. The van der Waals surface area contributed by atoms with Crippen LogP contribution in [0.25, 0.3) is 104 Å². The Hall–Kier alpha value is -8.62. The summed E-state index contributed by atoms with van der Waals surface area (Å²) in [5, 5.41) is 7.44. The number of fused-ring (bicyclic) bond motifs is 12. The monoisotopic (exact) mass is 870 g/mol. The molecule has 0 fully saturated rings. The molecule has 0 amide bonds. The first-order chi connectivity index (χ1) is 32.9. The summed E-state index contributed by atoms with van der Waals surface area (Å²) in [6, 6.07) is 62.6. The van der Waals surface area contributed by atoms with Crippen LogP contribution in [0.3, 0.4) is 0 Å². The number of rotatable bonds is 4. The van der Waals surface area contributed by atoms with Crippen molar-refractivity contribution in [1.82, 2.24) is 9.13 Å². The molecule has 318 valence electrons. The van der Waals surface area contributed by atoms with Crippen molar-refractivity contribution in [3.63, 3.8) is 0 Å². The number of hydrogen-bond donors (Lipinski definition) is 0. The van der Waals surface area contributed by atoms with E-state index in [4.69, 9.17) is 18.8 Å². The SMILES string of the molecule is CC1(c2cccc3c2oc2c(F)cccc23)CC(c2cccc3c2oc2c(F)cccc23)=NC(n2c3ccccc3c3ccc(-c4ccc5c(c4)c4ccccc4n5-c4ccccc4)cc32)=N1. The van der Waals surface area contributed by atoms with Gasteiger partial charge in [0.15, 0.2) is 22.8 Å². The normalized spacial score (nSPS) is 15.6. The summed E-state index contributed by atoms with van der Waals surface area (Å²) >= 11 is 0. The number of aromatic nitrogens is 2. The highest BCUT2D eigenvalue weighted by molar-refractivity contribution is 6.22. The van der Waals surface area contributed by atoms with Gasteiger partial charge in [0.05, 0.1) is 33.3 Å². The third-order valence-corrected chi connectivity index (χ3v) is 13.8. The van der Waals surface area contributed by atoms with Gasteiger partial charge in [-0.2, -0.15) is 0 Å². The van der Waals surface area contributed by atoms with Gasteiger partial charge in [-0.15, -0.1) is 0 Å². The van der Waals surface area contributed by atoms with Gasteiger partial charge in [-0.3, -0.25) is 4.57 Å². The lowest BCUT2D eigenvalue weighted by molar-refractivity contribution is 0.502. The molecule has 0 saturated heterocycles. The average molecular weight is 871 g/mol. The molecular formula is C59H36F2N4O2. The van der Waals surface area contributed by atoms with Crippen LogP contribution in [0.15, 0.2) is 207 Å². The molecule has 9 aromatic carbocycles. The molecule has 1 atom stereocenters. The van der Waals surface area contributed by atoms with Crippen LogP contribution in [0.5, 0.6) is 0 Å². The first-order valence-corrected chi connectivity index (χ1v) is 22.4. The van der Waals surface area contributed by atoms with Gasteiger partial charge in [0, 0.05) is 66.3 Å². The van der Waals surface area contributed by atoms with Crippen LogP contribution < -0.4 is 0 Å². The number of para-hydroxylation sites is 7. The van der Waals surface area contributed by atoms with Crippen LogP contribution in [-0.2, 0) is 5.54 Å². The summed E-state index contributed by atoms with van der Waals surface area (Å²) in [7, 11) is 0. The Bertz CT molecular complexity index is 4300. The predicted molar refractivity (Wildman–Crippen MR) is 268 cm³/mol. The lowest BCUT2D eigenvalue weighted by atomic mass is 9.83. The molecule has 8 heteroatoms. The Balaban J connectivity index is 1.02. The van der Waals surface area contributed by atoms with Crippen molar-refractivity contribution >= 4 is 99.2 Å². The minimum Gasteiger partial charge on any atom is -0.453 e. The van der Waals surface area contributed by atoms with Gasteiger partial charge >= 0.3 is 0 Å². The van der Waals surface area contributed by atoms with Gasteiger partial charge in [-0.25, -0.2) is 18.8 Å². The Labute approximate surface area is 380 Å². The molecule has 67 heavy (non-hydrogen) atoms. The standard InChI is InChI=1S/C59H36F2N4O2/c1-59(46-22-10-18-41-43-20-12-24-48(61)57(43)67-55(41)46)33-49(44-21-9-17-40-42-19-11-23-47(60)56(42)66-54(40)44)62-58(63-59)65-51-26-8-5-15-37(51)39-29-27-35(32-53(39)65)34-28-30-52-45(31-34)38-16-6-7-25-50(38)64(52)36-13-3-2-4-14-36/h2-32H,33H2,1H3. The smallest absolute Gasteiger partial charge is 0.231 e. The molecule has 1 unspecified atom stereocenters. The molecule has 0 bridgehead atoms. The molecular weight excluding hydrogens is 835 g/mol. The molecule has 13 aromatic rings. The van der Waals surface area contributed by atoms with E-state index in [0.717, 1.165) is 71.6 Å². The molecule has 5 heterocycles. The molecule has 0 saturated carbocycles. The minimum absolute atomic E-state index is 0.199. The molecule has 0 spiro atoms. The number of halogens is 2. The third-order valence-electron chi connectivity index (χ3n) is 13.8. The van der Waals surface area contributed by atoms with E-state index in [1.807, 2.05) is 60.7 Å². The van der Waals surface area contributed by atoms with Crippen molar-refractivity contribution in [1.29, 1.82) is 0 Å². The maximum Gasteiger partial charge on any atom is 0.231 e. The summed E-state index contributed by atoms with van der Waals surface area (Å²) in [4.78, 5) is 11.1. The van der Waals surface area contributed by atoms with Gasteiger partial charge < -0.3 is 13.4 Å². The zero-order chi connectivity index (χ0) is 44.5. The molecule has 0 aliphatic carbocycles. The fraction of sp³-hybridized carbons (Fsp3) is 0.0508. The predicted octanol–water partition coefficient (Wildman–Crippen LogP) is 15.6. The average Bonchev–Trinajstić information content (AvgIpc) is 4.12. The van der Waals surface area contributed by atoms with E-state index in [0.29, 0.717) is 40.0 Å². The van der Waals surface area contributed by atoms with E-state index in [2.05, 4.69) is 119 Å². The van der Waals surface area contributed by atoms with E-state index < -0.39 is 17.2 Å². The molecule has 1 aliphatic heterocycles. The molecule has 4 aromatic heterocycles. The zero-order valence-electron chi connectivity index (χ0n) is 36.0. The zero-order valence-corrected chi connectivity index (χ0v) is 36.0. The summed E-state index contributed by atoms with van der Waals surface area (Å²) in [5.41, 5.74) is 10.1. The molecule has 0 radical (unpaired) electrons. The quantitative estimate of drug-likeness (QED) is 0.177. The van der Waals surface area contributed by atoms with E-state index >= 15 is 8.78 Å². The molecule has 0 N–H and O–H groups in total. The van der Waals surface area contributed by atoms with Crippen LogP contribution in [0.1, 0.15) is 24.5 Å². The third kappa shape index (κ3) is 5.47. The van der Waals surface area contributed by atoms with Crippen molar-refractivity contribution in [3.8, 4) is 16.8 Å². The van der Waals surface area contributed by atoms with Gasteiger partial charge in [0.1, 0.15) is 11.2 Å². The summed E-state index contributed by atoms with van der Waals surface area (Å²) in [6.07, 6.45) is 0.340. The number of furan rings is 2. The second kappa shape index (κ2) is 13.9. The van der Waals surface area contributed by atoms with Crippen LogP contribution in [0.2, 0.25) is 0 Å². The number of benzene rings is 9. The fourth-order valence-electron chi connectivity index (χ4n) is 10.8. The maximum absolute atomic E-state index is 15.4. The highest BCUT2D eigenvalue weighted by Gasteiger charge is 2.37. The van der Waals surface area contributed by atoms with Gasteiger partial charge in [-0.05, 0) is 78.7 Å². The summed E-state index contributed by atoms with van der Waals surface area (Å²) < 4.78 is 48.1. The second-order valence-corrected chi connectivity index (χ2v) is 17.7. The Kier molecular flexibility index (Phi) is 7.85. The minimum atomic E-state index is -0.983. The van der Waals surface area contributed by atoms with Gasteiger partial charge in [-0.1, -0.05) is 127 Å². The van der Waals surface area contributed by atoms with Crippen molar-refractivity contribution in [3.05, 3.63) is 211 Å². The van der Waals surface area contributed by atoms with Crippen molar-refractivity contribution in [2.24, 2.45) is 9.98 Å². The van der Waals surface area contributed by atoms with Crippen molar-refractivity contribution in [2.45, 2.75) is 18.9 Å². The van der Waals surface area contributed by atoms with Crippen molar-refractivity contribution < 1.29 is 17.6 Å². The van der Waals surface area contributed by atoms with Crippen LogP contribution >= 0.6 is 0 Å². The molecule has 6 nitrogen and oxygen atoms in total. The first-order valence-electron chi connectivity index (χ1n) is 22.4. The highest BCUT2D eigenvalue weighted by atomic mass is 19.1. The van der Waals surface area contributed by atoms with Crippen LogP contribution in [-0.4, -0.2) is 20.8 Å². The van der Waals surface area contributed by atoms with E-state index in [-0.39, 0.29) is 11.2 Å². The van der Waals surface area contributed by atoms with Gasteiger partial charge in [0.25, 0.3) is 0 Å². The molecule has 14 rings (SSSR count). The van der Waals surface area contributed by atoms with E-state index in [1.165, 1.54) is 22.9 Å². The number of nitrogens with zero attached hydrogens (tertiary/aromatic N) is 4. The number of hydrogen-bond acceptors (Lipinski definition) is 4. The summed E-state index contributed by atoms with van der Waals surface area (Å²) in [5.74, 6) is -0.388. The van der Waals surface area contributed by atoms with E-state index in [1.54, 1.807) is 12.1 Å². The van der Waals surface area contributed by atoms with E-state index in [9.17, 15) is 0 Å². The van der Waals surface area contributed by atoms with Crippen LogP contribution in [0, 0.1) is 11.6 Å². The van der Waals surface area contributed by atoms with Crippen molar-refractivity contribution in [2.75, 3.05) is 0 Å². The second-order valence-electron chi connectivity index (χ2n) is 17.7. The Morgan fingerprint density at radius 3 is 1.73 bits per heavy atom. The largest absolute Gasteiger partial charge is 0.453 e. The molecule has 1 aliphatic rings. The fourth-order valence-corrected chi connectivity index (χ4v) is 10.8. The summed E-state index contributed by atoms with van der Waals surface area (Å²) in [6.45, 7) is 2.08. The highest BCUT2D eigenvalue weighted by Crippen LogP contribution is 2.44. The van der Waals surface area contributed by atoms with Gasteiger partial charge in [0.2, 0.25) is 5.96 Å². The maximum atomic E-state index is 15.4. The van der Waals surface area contributed by atoms with Crippen LogP contribution in [0.4, 0.5) is 8.78 Å². The Morgan fingerprint density at radius 2 is 0.985 bits per heavy atom.